The molecule has 1 heterocycles. The smallest absolute Gasteiger partial charge is 0.247 e. The molecule has 10 nitrogen and oxygen atoms in total. The van der Waals surface area contributed by atoms with Crippen LogP contribution in [0.25, 0.3) is 5.70 Å². The molecule has 0 bridgehead atoms. The average molecular weight is 511 g/mol. The van der Waals surface area contributed by atoms with Crippen molar-refractivity contribution < 1.29 is 19.1 Å². The Labute approximate surface area is 219 Å². The lowest BCUT2D eigenvalue weighted by atomic mass is 10.2. The van der Waals surface area contributed by atoms with Gasteiger partial charge in [-0.25, -0.2) is 4.98 Å². The van der Waals surface area contributed by atoms with Gasteiger partial charge in [0.2, 0.25) is 24.1 Å². The standard InChI is InChI=1S/C25H32N6O4.C2H6/c1-7-10-20(25(26-3)35-6)29-21(24-27-14-23(34-5)30(24)4)16-31(17-32)15-18-11-9-12-19(13-18)28-22(33)8-2;1-2/h8-14,16-17,29H,2,7,15H2,1,3-6H3,(H,28,33);1-2H3/b20-10+,21-16+,26-25?;. The van der Waals surface area contributed by atoms with Crippen LogP contribution in [0.3, 0.4) is 0 Å². The number of aliphatic imine (C=N–C) groups is 1. The first-order valence-corrected chi connectivity index (χ1v) is 11.9. The molecular weight excluding hydrogens is 472 g/mol. The van der Waals surface area contributed by atoms with Gasteiger partial charge in [0.25, 0.3) is 0 Å². The van der Waals surface area contributed by atoms with Gasteiger partial charge in [-0.1, -0.05) is 45.6 Å². The Balaban J connectivity index is 0.00000334. The number of nitrogens with zero attached hydrogens (tertiary/aromatic N) is 4. The number of nitrogens with one attached hydrogen (secondary N) is 2. The van der Waals surface area contributed by atoms with Crippen molar-refractivity contribution in [2.45, 2.75) is 33.7 Å². The van der Waals surface area contributed by atoms with Gasteiger partial charge in [0, 0.05) is 26.0 Å². The number of allylic oxidation sites excluding steroid dienone is 1. The highest BCUT2D eigenvalue weighted by molar-refractivity contribution is 5.98. The van der Waals surface area contributed by atoms with Crippen molar-refractivity contribution >= 4 is 29.6 Å². The van der Waals surface area contributed by atoms with Crippen molar-refractivity contribution in [3.8, 4) is 5.88 Å². The third-order valence-electron chi connectivity index (χ3n) is 4.88. The van der Waals surface area contributed by atoms with E-state index < -0.39 is 0 Å². The van der Waals surface area contributed by atoms with E-state index in [0.29, 0.717) is 41.1 Å². The predicted octanol–water partition coefficient (Wildman–Crippen LogP) is 4.09. The Hall–Kier alpha value is -4.34. The van der Waals surface area contributed by atoms with E-state index in [1.54, 1.807) is 49.3 Å². The summed E-state index contributed by atoms with van der Waals surface area (Å²) in [5, 5.41) is 6.02. The fourth-order valence-electron chi connectivity index (χ4n) is 3.27. The molecule has 0 saturated heterocycles. The number of methoxy groups -OCH3 is 2. The molecule has 2 rings (SSSR count). The molecule has 0 aliphatic carbocycles. The SMILES string of the molecule is C=CC(=O)Nc1cccc(CN(C=O)/C=C(/N/C(=C/CC)C(=NC)OC)c2ncc(OC)n2C)c1.CC. The first kappa shape index (κ1) is 30.7. The largest absolute Gasteiger partial charge is 0.481 e. The lowest BCUT2D eigenvalue weighted by Crippen LogP contribution is -2.25. The summed E-state index contributed by atoms with van der Waals surface area (Å²) >= 11 is 0. The summed E-state index contributed by atoms with van der Waals surface area (Å²) in [5.41, 5.74) is 2.57. The molecule has 0 fully saturated rings. The fraction of sp³-hybridized carbons (Fsp3) is 0.333. The van der Waals surface area contributed by atoms with E-state index in [0.717, 1.165) is 12.0 Å². The van der Waals surface area contributed by atoms with Crippen LogP contribution in [0, 0.1) is 0 Å². The first-order chi connectivity index (χ1) is 17.9. The van der Waals surface area contributed by atoms with Gasteiger partial charge in [-0.05, 0) is 30.2 Å². The number of aromatic nitrogens is 2. The lowest BCUT2D eigenvalue weighted by Gasteiger charge is -2.19. The van der Waals surface area contributed by atoms with E-state index in [9.17, 15) is 9.59 Å². The van der Waals surface area contributed by atoms with Crippen LogP contribution in [0.15, 0.2) is 66.1 Å². The van der Waals surface area contributed by atoms with Gasteiger partial charge >= 0.3 is 0 Å². The fourth-order valence-corrected chi connectivity index (χ4v) is 3.27. The van der Waals surface area contributed by atoms with Gasteiger partial charge in [-0.3, -0.25) is 19.1 Å². The van der Waals surface area contributed by atoms with Crippen molar-refractivity contribution in [2.75, 3.05) is 26.6 Å². The molecule has 1 aromatic carbocycles. The Bertz CT molecular complexity index is 1130. The Morgan fingerprint density at radius 2 is 2.03 bits per heavy atom. The van der Waals surface area contributed by atoms with Gasteiger partial charge in [0.05, 0.1) is 38.4 Å². The van der Waals surface area contributed by atoms with Gasteiger partial charge in [-0.2, -0.15) is 0 Å². The summed E-state index contributed by atoms with van der Waals surface area (Å²) in [6.07, 6.45) is 7.80. The number of hydrogen-bond acceptors (Lipinski definition) is 7. The predicted molar refractivity (Wildman–Crippen MR) is 148 cm³/mol. The molecule has 37 heavy (non-hydrogen) atoms. The molecule has 200 valence electrons. The van der Waals surface area contributed by atoms with Crippen LogP contribution >= 0.6 is 0 Å². The van der Waals surface area contributed by atoms with Crippen molar-refractivity contribution in [3.05, 3.63) is 72.5 Å². The van der Waals surface area contributed by atoms with Crippen LogP contribution in [-0.4, -0.2) is 53.9 Å². The molecule has 0 aliphatic rings. The topological polar surface area (TPSA) is 110 Å². The first-order valence-electron chi connectivity index (χ1n) is 11.9. The summed E-state index contributed by atoms with van der Waals surface area (Å²) in [7, 11) is 6.54. The van der Waals surface area contributed by atoms with Crippen molar-refractivity contribution in [2.24, 2.45) is 12.0 Å². The zero-order valence-corrected chi connectivity index (χ0v) is 22.7. The maximum absolute atomic E-state index is 12.0. The summed E-state index contributed by atoms with van der Waals surface area (Å²) < 4.78 is 12.5. The highest BCUT2D eigenvalue weighted by Gasteiger charge is 2.17. The maximum atomic E-state index is 12.0. The zero-order chi connectivity index (χ0) is 27.8. The minimum absolute atomic E-state index is 0.250. The van der Waals surface area contributed by atoms with Crippen LogP contribution in [0.2, 0.25) is 0 Å². The van der Waals surface area contributed by atoms with Crippen LogP contribution in [0.5, 0.6) is 5.88 Å². The highest BCUT2D eigenvalue weighted by atomic mass is 16.5. The van der Waals surface area contributed by atoms with E-state index in [1.807, 2.05) is 40.0 Å². The maximum Gasteiger partial charge on any atom is 0.247 e. The second-order valence-electron chi connectivity index (χ2n) is 7.28. The Morgan fingerprint density at radius 1 is 1.30 bits per heavy atom. The number of imidazole rings is 1. The monoisotopic (exact) mass is 510 g/mol. The van der Waals surface area contributed by atoms with E-state index in [1.165, 1.54) is 18.1 Å². The molecule has 0 unspecified atom stereocenters. The van der Waals surface area contributed by atoms with E-state index in [2.05, 4.69) is 27.2 Å². The molecule has 2 N–H and O–H groups in total. The quantitative estimate of drug-likeness (QED) is 0.193. The molecule has 10 heteroatoms. The third-order valence-corrected chi connectivity index (χ3v) is 4.88. The van der Waals surface area contributed by atoms with Crippen LogP contribution in [0.4, 0.5) is 5.69 Å². The molecule has 2 amide bonds. The number of ether oxygens (including phenoxy) is 2. The lowest BCUT2D eigenvalue weighted by molar-refractivity contribution is -0.116. The normalized spacial score (nSPS) is 11.6. The number of hydrogen-bond donors (Lipinski definition) is 2. The van der Waals surface area contributed by atoms with Crippen molar-refractivity contribution in [1.82, 2.24) is 19.8 Å². The zero-order valence-electron chi connectivity index (χ0n) is 22.7. The van der Waals surface area contributed by atoms with Gasteiger partial charge in [0.1, 0.15) is 0 Å². The van der Waals surface area contributed by atoms with Crippen molar-refractivity contribution in [1.29, 1.82) is 0 Å². The summed E-state index contributed by atoms with van der Waals surface area (Å²) in [5.74, 6) is 1.18. The van der Waals surface area contributed by atoms with Crippen LogP contribution in [0.1, 0.15) is 38.6 Å². The molecule has 0 aliphatic heterocycles. The summed E-state index contributed by atoms with van der Waals surface area (Å²) in [6.45, 7) is 9.70. The molecular formula is C27H38N6O4. The van der Waals surface area contributed by atoms with Gasteiger partial charge in [-0.15, -0.1) is 0 Å². The summed E-state index contributed by atoms with van der Waals surface area (Å²) in [6, 6.07) is 7.21. The number of rotatable bonds is 12. The summed E-state index contributed by atoms with van der Waals surface area (Å²) in [4.78, 5) is 33.8. The molecule has 0 radical (unpaired) electrons. The van der Waals surface area contributed by atoms with Crippen LogP contribution < -0.4 is 15.4 Å². The Morgan fingerprint density at radius 3 is 2.57 bits per heavy atom. The number of amides is 2. The van der Waals surface area contributed by atoms with Gasteiger partial charge in [0.15, 0.2) is 5.82 Å². The minimum Gasteiger partial charge on any atom is -0.481 e. The van der Waals surface area contributed by atoms with E-state index >= 15 is 0 Å². The molecule has 0 spiro atoms. The number of carbonyl (C=O) groups is 2. The Kier molecular flexibility index (Phi) is 13.6. The third kappa shape index (κ3) is 8.99. The number of benzene rings is 1. The molecule has 1 aromatic heterocycles. The number of anilines is 1. The minimum atomic E-state index is -0.314. The molecule has 2 aromatic rings. The second kappa shape index (κ2) is 16.4. The van der Waals surface area contributed by atoms with Crippen LogP contribution in [-0.2, 0) is 27.9 Å². The van der Waals surface area contributed by atoms with E-state index in [4.69, 9.17) is 9.47 Å². The van der Waals surface area contributed by atoms with E-state index in [-0.39, 0.29) is 12.5 Å². The highest BCUT2D eigenvalue weighted by Crippen LogP contribution is 2.20. The molecule has 0 saturated carbocycles. The molecule has 0 atom stereocenters. The van der Waals surface area contributed by atoms with Gasteiger partial charge < -0.3 is 25.0 Å². The number of carbonyl (C=O) groups excluding carboxylic acids is 2. The average Bonchev–Trinajstić information content (AvgIpc) is 3.29. The second-order valence-corrected chi connectivity index (χ2v) is 7.28. The van der Waals surface area contributed by atoms with Crippen molar-refractivity contribution in [3.63, 3.8) is 0 Å².